The Morgan fingerprint density at radius 2 is 2.33 bits per heavy atom. The van der Waals surface area contributed by atoms with E-state index in [1.165, 1.54) is 0 Å². The Morgan fingerprint density at radius 3 is 3.00 bits per heavy atom. The zero-order valence-corrected chi connectivity index (χ0v) is 13.8. The Balaban J connectivity index is 2.31. The minimum atomic E-state index is 0.639. The number of aromatic nitrogens is 1. The fourth-order valence-electron chi connectivity index (χ4n) is 0.860. The van der Waals surface area contributed by atoms with Crippen molar-refractivity contribution in [2.75, 3.05) is 13.2 Å². The summed E-state index contributed by atoms with van der Waals surface area (Å²) in [4.78, 5) is 4.15. The van der Waals surface area contributed by atoms with Gasteiger partial charge in [-0.3, -0.25) is 4.72 Å². The molecule has 0 aliphatic heterocycles. The molecule has 0 fully saturated rings. The maximum Gasteiger partial charge on any atom is 0.228 e. The molecule has 0 radical (unpaired) electrons. The van der Waals surface area contributed by atoms with E-state index in [9.17, 15) is 0 Å². The third-order valence-electron chi connectivity index (χ3n) is 1.49. The lowest BCUT2D eigenvalue weighted by molar-refractivity contribution is 0.298. The molecule has 1 N–H and O–H groups in total. The number of hydrogen-bond acceptors (Lipinski definition) is 4. The van der Waals surface area contributed by atoms with Gasteiger partial charge in [-0.1, -0.05) is 0 Å². The SMILES string of the molecule is Brc1cnc(OCCCNSI)c(Br)c1. The maximum atomic E-state index is 5.51. The predicted molar refractivity (Wildman–Crippen MR) is 79.4 cm³/mol. The molecular weight excluding hydrogens is 459 g/mol. The van der Waals surface area contributed by atoms with Gasteiger partial charge in [0.2, 0.25) is 5.88 Å². The number of pyridine rings is 1. The van der Waals surface area contributed by atoms with Crippen molar-refractivity contribution >= 4 is 62.2 Å². The summed E-state index contributed by atoms with van der Waals surface area (Å²) in [7, 11) is 1.59. The number of rotatable bonds is 6. The molecule has 3 nitrogen and oxygen atoms in total. The summed E-state index contributed by atoms with van der Waals surface area (Å²) in [5, 5.41) is 0. The molecule has 84 valence electrons. The zero-order valence-electron chi connectivity index (χ0n) is 7.67. The first kappa shape index (κ1) is 14.0. The molecule has 7 heteroatoms. The molecule has 0 unspecified atom stereocenters. The molecular formula is C8H9Br2IN2OS. The summed E-state index contributed by atoms with van der Waals surface area (Å²) in [6.07, 6.45) is 2.68. The number of halogens is 3. The molecule has 0 spiro atoms. The molecule has 0 aliphatic rings. The van der Waals surface area contributed by atoms with Gasteiger partial charge in [0.15, 0.2) is 0 Å². The fourth-order valence-corrected chi connectivity index (χ4v) is 2.84. The van der Waals surface area contributed by atoms with Crippen molar-refractivity contribution in [1.29, 1.82) is 0 Å². The lowest BCUT2D eigenvalue weighted by Crippen LogP contribution is -2.09. The van der Waals surface area contributed by atoms with Crippen LogP contribution < -0.4 is 9.46 Å². The minimum Gasteiger partial charge on any atom is -0.477 e. The Morgan fingerprint density at radius 1 is 1.53 bits per heavy atom. The van der Waals surface area contributed by atoms with Crippen LogP contribution in [0.4, 0.5) is 0 Å². The Hall–Kier alpha value is 0.950. The lowest BCUT2D eigenvalue weighted by atomic mass is 10.4. The summed E-state index contributed by atoms with van der Waals surface area (Å²) in [5.41, 5.74) is 0. The van der Waals surface area contributed by atoms with Crippen molar-refractivity contribution in [3.8, 4) is 5.88 Å². The third kappa shape index (κ3) is 5.71. The van der Waals surface area contributed by atoms with Crippen LogP contribution in [0.5, 0.6) is 5.88 Å². The Bertz CT molecular complexity index is 317. The summed E-state index contributed by atoms with van der Waals surface area (Å²) < 4.78 is 10.5. The van der Waals surface area contributed by atoms with Crippen LogP contribution in [-0.2, 0) is 0 Å². The first-order chi connectivity index (χ1) is 7.24. The van der Waals surface area contributed by atoms with E-state index in [1.54, 1.807) is 15.3 Å². The summed E-state index contributed by atoms with van der Waals surface area (Å²) in [6, 6.07) is 1.92. The van der Waals surface area contributed by atoms with Crippen LogP contribution in [0.3, 0.4) is 0 Å². The van der Waals surface area contributed by atoms with Gasteiger partial charge < -0.3 is 4.74 Å². The van der Waals surface area contributed by atoms with Crippen LogP contribution >= 0.6 is 62.2 Å². The van der Waals surface area contributed by atoms with Crippen molar-refractivity contribution in [1.82, 2.24) is 9.71 Å². The van der Waals surface area contributed by atoms with Gasteiger partial charge in [-0.15, -0.1) is 0 Å². The predicted octanol–water partition coefficient (Wildman–Crippen LogP) is 3.96. The van der Waals surface area contributed by atoms with Gasteiger partial charge in [0.1, 0.15) is 0 Å². The highest BCUT2D eigenvalue weighted by molar-refractivity contribution is 14.2. The quantitative estimate of drug-likeness (QED) is 0.390. The number of nitrogens with zero attached hydrogens (tertiary/aromatic N) is 1. The van der Waals surface area contributed by atoms with Crippen molar-refractivity contribution in [2.45, 2.75) is 6.42 Å². The van der Waals surface area contributed by atoms with Gasteiger partial charge >= 0.3 is 0 Å². The molecule has 0 aromatic carbocycles. The van der Waals surface area contributed by atoms with Crippen LogP contribution in [0.25, 0.3) is 0 Å². The highest BCUT2D eigenvalue weighted by atomic mass is 127. The van der Waals surface area contributed by atoms with Gasteiger partial charge in [0.05, 0.1) is 11.1 Å². The van der Waals surface area contributed by atoms with Crippen LogP contribution in [0.1, 0.15) is 6.42 Å². The van der Waals surface area contributed by atoms with Crippen LogP contribution in [-0.4, -0.2) is 18.1 Å². The van der Waals surface area contributed by atoms with Crippen molar-refractivity contribution < 1.29 is 4.74 Å². The van der Waals surface area contributed by atoms with E-state index in [0.29, 0.717) is 12.5 Å². The van der Waals surface area contributed by atoms with Crippen LogP contribution in [0, 0.1) is 0 Å². The highest BCUT2D eigenvalue weighted by Crippen LogP contribution is 2.25. The molecule has 1 rings (SSSR count). The molecule has 1 aromatic heterocycles. The molecule has 1 heterocycles. The Labute approximate surface area is 122 Å². The molecule has 1 aromatic rings. The smallest absolute Gasteiger partial charge is 0.228 e. The average Bonchev–Trinajstić information content (AvgIpc) is 2.20. The molecule has 0 saturated carbocycles. The number of hydrogen-bond donors (Lipinski definition) is 1. The normalized spacial score (nSPS) is 10.3. The second kappa shape index (κ2) is 8.10. The van der Waals surface area contributed by atoms with E-state index in [0.717, 1.165) is 21.9 Å². The third-order valence-corrected chi connectivity index (χ3v) is 3.74. The molecule has 0 bridgehead atoms. The molecule has 0 amide bonds. The van der Waals surface area contributed by atoms with Gasteiger partial charge in [0.25, 0.3) is 0 Å². The first-order valence-corrected chi connectivity index (χ1v) is 9.13. The van der Waals surface area contributed by atoms with E-state index in [4.69, 9.17) is 4.74 Å². The van der Waals surface area contributed by atoms with E-state index in [2.05, 4.69) is 62.8 Å². The van der Waals surface area contributed by atoms with Crippen molar-refractivity contribution in [3.05, 3.63) is 21.2 Å². The van der Waals surface area contributed by atoms with E-state index >= 15 is 0 Å². The molecule has 0 atom stereocenters. The van der Waals surface area contributed by atoms with Gasteiger partial charge in [0, 0.05) is 38.4 Å². The van der Waals surface area contributed by atoms with Crippen LogP contribution in [0.2, 0.25) is 0 Å². The van der Waals surface area contributed by atoms with E-state index in [1.807, 2.05) is 6.07 Å². The lowest BCUT2D eigenvalue weighted by Gasteiger charge is -2.06. The fraction of sp³-hybridized carbons (Fsp3) is 0.375. The first-order valence-electron chi connectivity index (χ1n) is 4.18. The molecule has 0 saturated heterocycles. The Kier molecular flexibility index (Phi) is 7.57. The topological polar surface area (TPSA) is 34.1 Å². The zero-order chi connectivity index (χ0) is 11.1. The molecule has 15 heavy (non-hydrogen) atoms. The number of nitrogens with one attached hydrogen (secondary N) is 1. The van der Waals surface area contributed by atoms with Crippen LogP contribution in [0.15, 0.2) is 21.2 Å². The summed E-state index contributed by atoms with van der Waals surface area (Å²) >= 11 is 8.93. The van der Waals surface area contributed by atoms with Gasteiger partial charge in [-0.05, 0) is 53.5 Å². The van der Waals surface area contributed by atoms with Crippen molar-refractivity contribution in [3.63, 3.8) is 0 Å². The second-order valence-electron chi connectivity index (χ2n) is 2.61. The molecule has 0 aliphatic carbocycles. The summed E-state index contributed by atoms with van der Waals surface area (Å²) in [5.74, 6) is 0.639. The number of ether oxygens (including phenoxy) is 1. The highest BCUT2D eigenvalue weighted by Gasteiger charge is 2.02. The monoisotopic (exact) mass is 466 g/mol. The largest absolute Gasteiger partial charge is 0.477 e. The second-order valence-corrected chi connectivity index (χ2v) is 6.15. The standard InChI is InChI=1S/C8H9Br2IN2OS/c9-6-4-7(10)8(12-5-6)14-3-1-2-13-15-11/h4-5,13H,1-3H2. The van der Waals surface area contributed by atoms with Gasteiger partial charge in [-0.25, -0.2) is 4.98 Å². The van der Waals surface area contributed by atoms with Crippen molar-refractivity contribution in [2.24, 2.45) is 0 Å². The van der Waals surface area contributed by atoms with E-state index in [-0.39, 0.29) is 0 Å². The average molecular weight is 468 g/mol. The minimum absolute atomic E-state index is 0.639. The van der Waals surface area contributed by atoms with E-state index < -0.39 is 0 Å². The van der Waals surface area contributed by atoms with Gasteiger partial charge in [-0.2, -0.15) is 0 Å². The summed E-state index contributed by atoms with van der Waals surface area (Å²) in [6.45, 7) is 1.60. The maximum absolute atomic E-state index is 5.51.